The smallest absolute Gasteiger partial charge is 0.412 e. The van der Waals surface area contributed by atoms with E-state index in [-0.39, 0.29) is 0 Å². The average Bonchev–Trinajstić information content (AvgIpc) is 2.67. The average molecular weight is 449 g/mol. The zero-order valence-electron chi connectivity index (χ0n) is 17.3. The van der Waals surface area contributed by atoms with Gasteiger partial charge >= 0.3 is 6.09 Å². The second-order valence-electron chi connectivity index (χ2n) is 7.16. The van der Waals surface area contributed by atoms with E-state index in [9.17, 15) is 4.79 Å². The quantitative estimate of drug-likeness (QED) is 0.356. The first-order chi connectivity index (χ1) is 14.2. The Morgan fingerprint density at radius 1 is 1.27 bits per heavy atom. The molecule has 9 heteroatoms. The summed E-state index contributed by atoms with van der Waals surface area (Å²) in [6, 6.07) is 13.1. The maximum atomic E-state index is 12.2. The highest BCUT2D eigenvalue weighted by molar-refractivity contribution is 8.13. The van der Waals surface area contributed by atoms with E-state index < -0.39 is 11.7 Å². The van der Waals surface area contributed by atoms with E-state index >= 15 is 0 Å². The summed E-state index contributed by atoms with van der Waals surface area (Å²) < 4.78 is 10.5. The van der Waals surface area contributed by atoms with Crippen molar-refractivity contribution in [2.75, 3.05) is 12.4 Å². The molecule has 7 nitrogen and oxygen atoms in total. The van der Waals surface area contributed by atoms with Gasteiger partial charge in [0, 0.05) is 17.4 Å². The number of nitrogens with one attached hydrogen (secondary N) is 1. The van der Waals surface area contributed by atoms with Gasteiger partial charge in [0.2, 0.25) is 0 Å². The molecular formula is C21H25ClN4O3S. The Labute approximate surface area is 185 Å². The molecule has 0 aliphatic carbocycles. The van der Waals surface area contributed by atoms with Gasteiger partial charge < -0.3 is 15.2 Å². The Morgan fingerprint density at radius 3 is 2.60 bits per heavy atom. The number of halogens is 1. The van der Waals surface area contributed by atoms with Crippen molar-refractivity contribution in [3.8, 4) is 5.75 Å². The van der Waals surface area contributed by atoms with Gasteiger partial charge in [0.1, 0.15) is 11.4 Å². The molecule has 2 aromatic rings. The molecule has 3 N–H and O–H groups in total. The van der Waals surface area contributed by atoms with Gasteiger partial charge in [-0.2, -0.15) is 5.10 Å². The number of carbonyl (C=O) groups is 1. The second kappa shape index (κ2) is 10.9. The molecule has 0 bridgehead atoms. The van der Waals surface area contributed by atoms with Crippen LogP contribution < -0.4 is 15.8 Å². The fourth-order valence-corrected chi connectivity index (χ4v) is 3.12. The molecule has 1 amide bonds. The van der Waals surface area contributed by atoms with E-state index in [0.717, 1.165) is 5.56 Å². The van der Waals surface area contributed by atoms with Crippen molar-refractivity contribution < 1.29 is 14.3 Å². The number of rotatable bonds is 6. The first-order valence-electron chi connectivity index (χ1n) is 9.08. The Morgan fingerprint density at radius 2 is 1.97 bits per heavy atom. The third-order valence-electron chi connectivity index (χ3n) is 3.54. The second-order valence-corrected chi connectivity index (χ2v) is 8.56. The summed E-state index contributed by atoms with van der Waals surface area (Å²) in [5, 5.41) is 11.4. The molecule has 0 saturated carbocycles. The number of hydrogen-bond acceptors (Lipinski definition) is 6. The highest BCUT2D eigenvalue weighted by Gasteiger charge is 2.18. The first-order valence-corrected chi connectivity index (χ1v) is 10.4. The molecule has 160 valence electrons. The van der Waals surface area contributed by atoms with E-state index in [2.05, 4.69) is 15.5 Å². The maximum Gasteiger partial charge on any atom is 0.412 e. The first kappa shape index (κ1) is 23.6. The number of ether oxygens (including phenoxy) is 2. The summed E-state index contributed by atoms with van der Waals surface area (Å²) in [7, 11) is 1.49. The Bertz CT molecular complexity index is 928. The van der Waals surface area contributed by atoms with Crippen molar-refractivity contribution in [2.45, 2.75) is 32.1 Å². The number of methoxy groups -OCH3 is 1. The Balaban J connectivity index is 2.14. The number of benzene rings is 2. The molecule has 0 aliphatic heterocycles. The number of amidine groups is 1. The number of hydrogen-bond donors (Lipinski definition) is 2. The van der Waals surface area contributed by atoms with Crippen LogP contribution in [0.5, 0.6) is 5.75 Å². The van der Waals surface area contributed by atoms with E-state index in [4.69, 9.17) is 26.8 Å². The van der Waals surface area contributed by atoms with Gasteiger partial charge in [-0.25, -0.2) is 4.79 Å². The van der Waals surface area contributed by atoms with E-state index in [1.807, 2.05) is 30.3 Å². The van der Waals surface area contributed by atoms with Crippen molar-refractivity contribution >= 4 is 46.5 Å². The van der Waals surface area contributed by atoms with E-state index in [1.165, 1.54) is 25.1 Å². The largest absolute Gasteiger partial charge is 0.495 e. The fourth-order valence-electron chi connectivity index (χ4n) is 2.26. The molecule has 0 unspecified atom stereocenters. The van der Waals surface area contributed by atoms with Crippen LogP contribution in [0.2, 0.25) is 5.02 Å². The standard InChI is InChI=1S/C21H25ClN4O3S/c1-21(2,3)29-20(27)25-17-11-18(28-4)16(22)10-15(17)12-24-26-19(23)30-13-14-8-6-5-7-9-14/h5-12H,13H2,1-4H3,(H2,23,26)(H,25,27). The maximum absolute atomic E-state index is 12.2. The van der Waals surface area contributed by atoms with E-state index in [1.54, 1.807) is 32.9 Å². The predicted molar refractivity (Wildman–Crippen MR) is 125 cm³/mol. The van der Waals surface area contributed by atoms with Crippen LogP contribution in [0.1, 0.15) is 31.9 Å². The zero-order chi connectivity index (χ0) is 22.1. The Kier molecular flexibility index (Phi) is 8.56. The molecular weight excluding hydrogens is 424 g/mol. The lowest BCUT2D eigenvalue weighted by atomic mass is 10.2. The predicted octanol–water partition coefficient (Wildman–Crippen LogP) is 5.28. The molecule has 0 saturated heterocycles. The lowest BCUT2D eigenvalue weighted by Gasteiger charge is -2.20. The number of anilines is 1. The van der Waals surface area contributed by atoms with E-state index in [0.29, 0.717) is 32.9 Å². The van der Waals surface area contributed by atoms with Crippen LogP contribution in [0.15, 0.2) is 52.7 Å². The molecule has 0 heterocycles. The number of nitrogens with two attached hydrogens (primary N) is 1. The molecule has 0 aromatic heterocycles. The highest BCUT2D eigenvalue weighted by atomic mass is 35.5. The Hall–Kier alpha value is -2.71. The van der Waals surface area contributed by atoms with Crippen LogP contribution in [-0.2, 0) is 10.5 Å². The van der Waals surface area contributed by atoms with Crippen molar-refractivity contribution in [1.82, 2.24) is 0 Å². The van der Waals surface area contributed by atoms with Crippen LogP contribution in [0.4, 0.5) is 10.5 Å². The zero-order valence-corrected chi connectivity index (χ0v) is 18.9. The van der Waals surface area contributed by atoms with Crippen LogP contribution >= 0.6 is 23.4 Å². The van der Waals surface area contributed by atoms with Crippen LogP contribution in [0.25, 0.3) is 0 Å². The molecule has 2 aromatic carbocycles. The lowest BCUT2D eigenvalue weighted by Crippen LogP contribution is -2.27. The van der Waals surface area contributed by atoms with Gasteiger partial charge in [-0.1, -0.05) is 53.7 Å². The van der Waals surface area contributed by atoms with Gasteiger partial charge in [0.15, 0.2) is 5.17 Å². The third-order valence-corrected chi connectivity index (χ3v) is 4.69. The van der Waals surface area contributed by atoms with Crippen molar-refractivity contribution in [1.29, 1.82) is 0 Å². The molecule has 0 atom stereocenters. The van der Waals surface area contributed by atoms with Crippen LogP contribution in [-0.4, -0.2) is 30.2 Å². The molecule has 30 heavy (non-hydrogen) atoms. The van der Waals surface area contributed by atoms with Gasteiger partial charge in [-0.3, -0.25) is 5.32 Å². The number of thioether (sulfide) groups is 1. The van der Waals surface area contributed by atoms with Crippen LogP contribution in [0, 0.1) is 0 Å². The fraction of sp³-hybridized carbons (Fsp3) is 0.286. The van der Waals surface area contributed by atoms with Crippen molar-refractivity contribution in [3.63, 3.8) is 0 Å². The topological polar surface area (TPSA) is 98.3 Å². The molecule has 0 radical (unpaired) electrons. The summed E-state index contributed by atoms with van der Waals surface area (Å²) in [5.41, 5.74) is 7.35. The minimum absolute atomic E-state index is 0.316. The van der Waals surface area contributed by atoms with Gasteiger partial charge in [0.05, 0.1) is 24.0 Å². The van der Waals surface area contributed by atoms with Crippen molar-refractivity contribution in [2.24, 2.45) is 15.9 Å². The minimum atomic E-state index is -0.635. The monoisotopic (exact) mass is 448 g/mol. The summed E-state index contributed by atoms with van der Waals surface area (Å²) >= 11 is 7.58. The summed E-state index contributed by atoms with van der Waals surface area (Å²) in [4.78, 5) is 12.2. The summed E-state index contributed by atoms with van der Waals surface area (Å²) in [5.74, 6) is 1.09. The summed E-state index contributed by atoms with van der Waals surface area (Å²) in [6.45, 7) is 5.34. The number of amides is 1. The number of carbonyl (C=O) groups excluding carboxylic acids is 1. The molecule has 0 spiro atoms. The van der Waals surface area contributed by atoms with Crippen LogP contribution in [0.3, 0.4) is 0 Å². The SMILES string of the molecule is COc1cc(NC(=O)OC(C)(C)C)c(C=NN=C(N)SCc2ccccc2)cc1Cl. The lowest BCUT2D eigenvalue weighted by molar-refractivity contribution is 0.0636. The highest BCUT2D eigenvalue weighted by Crippen LogP contribution is 2.31. The summed E-state index contributed by atoms with van der Waals surface area (Å²) in [6.07, 6.45) is 0.844. The normalized spacial score (nSPS) is 12.1. The van der Waals surface area contributed by atoms with Gasteiger partial charge in [-0.15, -0.1) is 5.10 Å². The van der Waals surface area contributed by atoms with Gasteiger partial charge in [0.25, 0.3) is 0 Å². The third kappa shape index (κ3) is 7.96. The molecule has 0 aliphatic rings. The minimum Gasteiger partial charge on any atom is -0.495 e. The molecule has 2 rings (SSSR count). The molecule has 0 fully saturated rings. The number of nitrogens with zero attached hydrogens (tertiary/aromatic N) is 2. The van der Waals surface area contributed by atoms with Crippen molar-refractivity contribution in [3.05, 3.63) is 58.6 Å². The van der Waals surface area contributed by atoms with Gasteiger partial charge in [-0.05, 0) is 32.4 Å².